The minimum absolute atomic E-state index is 0. The van der Waals surface area contributed by atoms with Crippen molar-refractivity contribution in [3.63, 3.8) is 0 Å². The first-order valence-corrected chi connectivity index (χ1v) is 11.4. The number of rotatable bonds is 4. The van der Waals surface area contributed by atoms with Gasteiger partial charge in [-0.25, -0.2) is 17.7 Å². The van der Waals surface area contributed by atoms with E-state index in [0.717, 1.165) is 4.31 Å². The molecule has 6 nitrogen and oxygen atoms in total. The number of amidine groups is 1. The third-order valence-electron chi connectivity index (χ3n) is 4.47. The normalized spacial score (nSPS) is 20.9. The second kappa shape index (κ2) is 9.13. The predicted octanol–water partition coefficient (Wildman–Crippen LogP) is 4.33. The monoisotopic (exact) mass is 539 g/mol. The fraction of sp³-hybridized carbons (Fsp3) is 0.278. The summed E-state index contributed by atoms with van der Waals surface area (Å²) in [5, 5.41) is 12.5. The summed E-state index contributed by atoms with van der Waals surface area (Å²) in [6.45, 7) is 0. The summed E-state index contributed by atoms with van der Waals surface area (Å²) in [6.07, 6.45) is 0. The highest BCUT2D eigenvalue weighted by molar-refractivity contribution is 8.93. The molecule has 1 unspecified atom stereocenters. The molecular formula is C18H20BrCl2N3O3S2. The van der Waals surface area contributed by atoms with Gasteiger partial charge in [0.25, 0.3) is 0 Å². The Morgan fingerprint density at radius 1 is 1.17 bits per heavy atom. The zero-order chi connectivity index (χ0) is 20.7. The summed E-state index contributed by atoms with van der Waals surface area (Å²) in [6, 6.07) is 11.7. The minimum Gasteiger partial charge on any atom is -0.366 e. The van der Waals surface area contributed by atoms with E-state index in [0.29, 0.717) is 21.4 Å². The number of aliphatic imine (C=N–C) groups is 1. The third-order valence-corrected chi connectivity index (χ3v) is 8.25. The molecule has 1 atom stereocenters. The van der Waals surface area contributed by atoms with Crippen molar-refractivity contribution in [2.75, 3.05) is 26.9 Å². The van der Waals surface area contributed by atoms with Crippen LogP contribution in [0.5, 0.6) is 0 Å². The molecule has 1 fully saturated rings. The van der Waals surface area contributed by atoms with E-state index in [2.05, 4.69) is 4.99 Å². The number of halogens is 3. The lowest BCUT2D eigenvalue weighted by molar-refractivity contribution is -0.0349. The molecule has 0 spiro atoms. The van der Waals surface area contributed by atoms with E-state index >= 15 is 0 Å². The first kappa shape index (κ1) is 24.5. The second-order valence-corrected chi connectivity index (χ2v) is 10.3. The molecule has 0 aliphatic carbocycles. The fourth-order valence-electron chi connectivity index (χ4n) is 2.69. The molecule has 158 valence electrons. The molecule has 1 heterocycles. The first-order valence-electron chi connectivity index (χ1n) is 8.22. The van der Waals surface area contributed by atoms with Gasteiger partial charge in [-0.2, -0.15) is 0 Å². The SMILES string of the molecule is Br.CN1C(=Nc2ccccc2Cl)SCC1(O)c1ccc(Cl)c(S(=O)(=O)N(C)C)c1. The van der Waals surface area contributed by atoms with E-state index in [4.69, 9.17) is 23.2 Å². The molecule has 0 bridgehead atoms. The standard InChI is InChI=1S/C18H19Cl2N3O3S2.BrH/c1-22(2)28(25,26)16-10-12(8-9-14(16)20)18(24)11-27-17(23(18)3)21-15-7-5-4-6-13(15)19;/h4-10,24H,11H2,1-3H3;1H. The number of benzene rings is 2. The highest BCUT2D eigenvalue weighted by atomic mass is 79.9. The quantitative estimate of drug-likeness (QED) is 0.624. The molecular weight excluding hydrogens is 521 g/mol. The van der Waals surface area contributed by atoms with Crippen LogP contribution in [0.4, 0.5) is 5.69 Å². The van der Waals surface area contributed by atoms with Gasteiger partial charge in [-0.1, -0.05) is 53.2 Å². The largest absolute Gasteiger partial charge is 0.366 e. The first-order chi connectivity index (χ1) is 13.1. The van der Waals surface area contributed by atoms with E-state index < -0.39 is 15.7 Å². The molecule has 1 N–H and O–H groups in total. The maximum Gasteiger partial charge on any atom is 0.244 e. The van der Waals surface area contributed by atoms with Crippen LogP contribution in [0.25, 0.3) is 0 Å². The van der Waals surface area contributed by atoms with E-state index in [9.17, 15) is 13.5 Å². The van der Waals surface area contributed by atoms with Crippen LogP contribution in [-0.4, -0.2) is 54.8 Å². The maximum atomic E-state index is 12.6. The Kier molecular flexibility index (Phi) is 7.70. The number of nitrogens with zero attached hydrogens (tertiary/aromatic N) is 3. The number of hydrogen-bond donors (Lipinski definition) is 1. The zero-order valence-electron chi connectivity index (χ0n) is 15.8. The molecule has 0 radical (unpaired) electrons. The third kappa shape index (κ3) is 4.61. The van der Waals surface area contributed by atoms with Crippen LogP contribution in [0.1, 0.15) is 5.56 Å². The summed E-state index contributed by atoms with van der Waals surface area (Å²) in [5.74, 6) is 0.274. The van der Waals surface area contributed by atoms with Gasteiger partial charge in [-0.05, 0) is 24.3 Å². The van der Waals surface area contributed by atoms with Gasteiger partial charge >= 0.3 is 0 Å². The van der Waals surface area contributed by atoms with Crippen LogP contribution in [0, 0.1) is 0 Å². The average Bonchev–Trinajstić information content (AvgIpc) is 2.93. The van der Waals surface area contributed by atoms with Gasteiger partial charge in [-0.3, -0.25) is 0 Å². The molecule has 29 heavy (non-hydrogen) atoms. The summed E-state index contributed by atoms with van der Waals surface area (Å²) in [7, 11) is 0.804. The Morgan fingerprint density at radius 2 is 1.83 bits per heavy atom. The number of sulfonamides is 1. The molecule has 0 amide bonds. The van der Waals surface area contributed by atoms with Crippen molar-refractivity contribution in [1.82, 2.24) is 9.21 Å². The molecule has 11 heteroatoms. The molecule has 1 aliphatic rings. The zero-order valence-corrected chi connectivity index (χ0v) is 20.7. The van der Waals surface area contributed by atoms with Crippen LogP contribution < -0.4 is 0 Å². The lowest BCUT2D eigenvalue weighted by atomic mass is 10.0. The predicted molar refractivity (Wildman–Crippen MR) is 125 cm³/mol. The topological polar surface area (TPSA) is 73.2 Å². The van der Waals surface area contributed by atoms with Gasteiger partial charge in [0.1, 0.15) is 4.90 Å². The fourth-order valence-corrected chi connectivity index (χ4v) is 5.46. The molecule has 1 saturated heterocycles. The minimum atomic E-state index is -3.75. The Hall–Kier alpha value is -0.810. The Labute approximate surface area is 195 Å². The number of para-hydroxylation sites is 1. The number of hydrogen-bond acceptors (Lipinski definition) is 5. The van der Waals surface area contributed by atoms with Crippen molar-refractivity contribution >= 4 is 72.8 Å². The Balaban J connectivity index is 0.00000300. The lowest BCUT2D eigenvalue weighted by Crippen LogP contribution is -2.42. The molecule has 2 aromatic rings. The van der Waals surface area contributed by atoms with Crippen molar-refractivity contribution in [2.45, 2.75) is 10.6 Å². The van der Waals surface area contributed by atoms with Gasteiger partial charge in [-0.15, -0.1) is 17.0 Å². The number of aliphatic hydroxyl groups is 1. The van der Waals surface area contributed by atoms with Crippen LogP contribution in [0.3, 0.4) is 0 Å². The van der Waals surface area contributed by atoms with Crippen molar-refractivity contribution in [2.24, 2.45) is 4.99 Å². The van der Waals surface area contributed by atoms with Gasteiger partial charge < -0.3 is 10.0 Å². The maximum absolute atomic E-state index is 12.6. The summed E-state index contributed by atoms with van der Waals surface area (Å²) >= 11 is 13.6. The van der Waals surface area contributed by atoms with Crippen molar-refractivity contribution < 1.29 is 13.5 Å². The van der Waals surface area contributed by atoms with E-state index in [1.807, 2.05) is 12.1 Å². The molecule has 1 aliphatic heterocycles. The number of thioether (sulfide) groups is 1. The molecule has 0 aromatic heterocycles. The second-order valence-electron chi connectivity index (χ2n) is 6.44. The highest BCUT2D eigenvalue weighted by Crippen LogP contribution is 2.41. The van der Waals surface area contributed by atoms with Crippen molar-refractivity contribution in [1.29, 1.82) is 0 Å². The van der Waals surface area contributed by atoms with Crippen LogP contribution in [0.15, 0.2) is 52.4 Å². The summed E-state index contributed by atoms with van der Waals surface area (Å²) in [5.41, 5.74) is -0.433. The van der Waals surface area contributed by atoms with Crippen LogP contribution in [0.2, 0.25) is 10.0 Å². The van der Waals surface area contributed by atoms with Crippen LogP contribution in [-0.2, 0) is 15.7 Å². The lowest BCUT2D eigenvalue weighted by Gasteiger charge is -2.31. The Morgan fingerprint density at radius 3 is 2.45 bits per heavy atom. The van der Waals surface area contributed by atoms with Crippen molar-refractivity contribution in [3.8, 4) is 0 Å². The van der Waals surface area contributed by atoms with Gasteiger partial charge in [0.15, 0.2) is 10.9 Å². The van der Waals surface area contributed by atoms with E-state index in [1.165, 1.54) is 38.0 Å². The smallest absolute Gasteiger partial charge is 0.244 e. The van der Waals surface area contributed by atoms with E-state index in [1.54, 1.807) is 30.1 Å². The summed E-state index contributed by atoms with van der Waals surface area (Å²) < 4.78 is 26.2. The summed E-state index contributed by atoms with van der Waals surface area (Å²) in [4.78, 5) is 6.09. The van der Waals surface area contributed by atoms with Crippen LogP contribution >= 0.6 is 51.9 Å². The van der Waals surface area contributed by atoms with Gasteiger partial charge in [0.2, 0.25) is 10.0 Å². The molecule has 3 rings (SSSR count). The highest BCUT2D eigenvalue weighted by Gasteiger charge is 2.43. The van der Waals surface area contributed by atoms with E-state index in [-0.39, 0.29) is 32.7 Å². The molecule has 0 saturated carbocycles. The van der Waals surface area contributed by atoms with Gasteiger partial charge in [0.05, 0.1) is 21.5 Å². The van der Waals surface area contributed by atoms with Crippen molar-refractivity contribution in [3.05, 3.63) is 58.1 Å². The average molecular weight is 541 g/mol. The Bertz CT molecular complexity index is 1050. The molecule has 2 aromatic carbocycles. The van der Waals surface area contributed by atoms with Gasteiger partial charge in [0, 0.05) is 26.7 Å².